The number of ketones is 1. The highest BCUT2D eigenvalue weighted by Crippen LogP contribution is 2.46. The number of nitrogens with zero attached hydrogens (tertiary/aromatic N) is 1. The molecule has 1 amide bonds. The topological polar surface area (TPSA) is 85.2 Å². The third-order valence-electron chi connectivity index (χ3n) is 5.49. The highest BCUT2D eigenvalue weighted by atomic mass is 16.2. The van der Waals surface area contributed by atoms with Crippen LogP contribution in [0.4, 0.5) is 5.82 Å². The number of aromatic nitrogens is 2. The lowest BCUT2D eigenvalue weighted by Gasteiger charge is -2.41. The summed E-state index contributed by atoms with van der Waals surface area (Å²) in [5.74, 6) is -0.380. The van der Waals surface area contributed by atoms with E-state index in [4.69, 9.17) is 0 Å². The van der Waals surface area contributed by atoms with Crippen LogP contribution in [-0.4, -0.2) is 16.7 Å². The minimum absolute atomic E-state index is 0.147. The number of rotatable bonds is 3. The molecule has 1 aliphatic carbocycles. The van der Waals surface area contributed by atoms with E-state index in [1.165, 1.54) is 0 Å². The molecule has 6 heteroatoms. The van der Waals surface area contributed by atoms with E-state index in [0.29, 0.717) is 17.8 Å². The number of fused-ring (bicyclic) bond motifs is 1. The minimum atomic E-state index is -0.404. The number of nitrogens with one attached hydrogen (secondary N) is 3. The molecule has 2 aromatic rings. The van der Waals surface area contributed by atoms with Gasteiger partial charge in [-0.25, -0.2) is 9.97 Å². The highest BCUT2D eigenvalue weighted by molar-refractivity contribution is 6.06. The summed E-state index contributed by atoms with van der Waals surface area (Å²) in [6.45, 7) is 6.01. The zero-order chi connectivity index (χ0) is 20.6. The first kappa shape index (κ1) is 19.1. The second kappa shape index (κ2) is 7.28. The number of H-pyrrole nitrogens is 1. The summed E-state index contributed by atoms with van der Waals surface area (Å²) in [5, 5.41) is 6.23. The van der Waals surface area contributed by atoms with E-state index in [2.05, 4.69) is 40.5 Å². The molecule has 148 valence electrons. The first-order valence-corrected chi connectivity index (χ1v) is 9.77. The Labute approximate surface area is 170 Å². The predicted molar refractivity (Wildman–Crippen MR) is 109 cm³/mol. The average molecular weight is 389 g/mol. The molecule has 0 radical (unpaired) electrons. The van der Waals surface area contributed by atoms with Crippen LogP contribution in [0.5, 0.6) is 0 Å². The van der Waals surface area contributed by atoms with E-state index in [1.807, 2.05) is 37.5 Å². The maximum atomic E-state index is 13.3. The molecule has 1 aliphatic heterocycles. The van der Waals surface area contributed by atoms with Gasteiger partial charge in [-0.3, -0.25) is 9.59 Å². The van der Waals surface area contributed by atoms with Crippen molar-refractivity contribution in [2.75, 3.05) is 5.32 Å². The van der Waals surface area contributed by atoms with Crippen LogP contribution < -0.4 is 15.6 Å². The van der Waals surface area contributed by atoms with Crippen molar-refractivity contribution in [3.05, 3.63) is 77.5 Å². The van der Waals surface area contributed by atoms with Crippen molar-refractivity contribution in [3.8, 4) is 0 Å². The quantitative estimate of drug-likeness (QED) is 0.845. The number of aromatic amines is 1. The van der Waals surface area contributed by atoms with Crippen LogP contribution in [0.25, 0.3) is 0 Å². The number of allylic oxidation sites excluding steroid dienone is 3. The van der Waals surface area contributed by atoms with Crippen molar-refractivity contribution < 1.29 is 14.6 Å². The summed E-state index contributed by atoms with van der Waals surface area (Å²) in [6, 6.07) is 9.23. The Bertz CT molecular complexity index is 1010. The van der Waals surface area contributed by atoms with Crippen molar-refractivity contribution in [1.82, 2.24) is 10.3 Å². The van der Waals surface area contributed by atoms with Crippen LogP contribution in [-0.2, 0) is 9.59 Å². The minimum Gasteiger partial charge on any atom is -0.362 e. The molecular weight excluding hydrogens is 364 g/mol. The molecule has 0 fully saturated rings. The molecule has 29 heavy (non-hydrogen) atoms. The molecule has 3 N–H and O–H groups in total. The van der Waals surface area contributed by atoms with Gasteiger partial charge < -0.3 is 10.6 Å². The first-order chi connectivity index (χ1) is 13.9. The molecule has 3 heterocycles. The van der Waals surface area contributed by atoms with Crippen LogP contribution in [0.1, 0.15) is 38.7 Å². The number of hydrogen-bond acceptors (Lipinski definition) is 4. The fourth-order valence-corrected chi connectivity index (χ4v) is 4.36. The molecule has 6 nitrogen and oxygen atoms in total. The molecule has 0 spiro atoms. The standard InChI is InChI=1S/C23H24N4O2/c1-14-19(22(29)27-18-6-4-5-9-25-18)20(15-7-10-24-11-8-15)21-16(26-14)12-23(2,3)13-17(21)28/h4-12,20-21,26H,13H2,1-3H3,(H,25,27,29)/p+1. The van der Waals surface area contributed by atoms with Gasteiger partial charge in [0.15, 0.2) is 12.4 Å². The van der Waals surface area contributed by atoms with Crippen LogP contribution in [0.3, 0.4) is 0 Å². The number of carbonyl (C=O) groups is 2. The number of Topliss-reactive ketones (excluding diaryl/α,β-unsaturated/α-hetero) is 1. The summed E-state index contributed by atoms with van der Waals surface area (Å²) < 4.78 is 0. The molecule has 2 aliphatic rings. The van der Waals surface area contributed by atoms with Gasteiger partial charge in [0.1, 0.15) is 11.6 Å². The normalized spacial score (nSPS) is 23.0. The maximum absolute atomic E-state index is 13.3. The second-order valence-corrected chi connectivity index (χ2v) is 8.35. The smallest absolute Gasteiger partial charge is 0.255 e. The molecule has 0 saturated carbocycles. The van der Waals surface area contributed by atoms with Gasteiger partial charge in [-0.1, -0.05) is 26.0 Å². The summed E-state index contributed by atoms with van der Waals surface area (Å²) in [5.41, 5.74) is 2.93. The molecule has 2 atom stereocenters. The van der Waals surface area contributed by atoms with Crippen LogP contribution in [0.2, 0.25) is 0 Å². The third-order valence-corrected chi connectivity index (χ3v) is 5.49. The number of pyridine rings is 2. The number of hydrogen-bond donors (Lipinski definition) is 2. The van der Waals surface area contributed by atoms with E-state index < -0.39 is 5.92 Å². The lowest BCUT2D eigenvalue weighted by Crippen LogP contribution is -2.44. The van der Waals surface area contributed by atoms with E-state index in [1.54, 1.807) is 18.3 Å². The van der Waals surface area contributed by atoms with Gasteiger partial charge in [-0.05, 0) is 30.0 Å². The van der Waals surface area contributed by atoms with Gasteiger partial charge in [0.05, 0.1) is 5.92 Å². The largest absolute Gasteiger partial charge is 0.362 e. The number of carbonyl (C=O) groups excluding carboxylic acids is 2. The van der Waals surface area contributed by atoms with Crippen LogP contribution in [0.15, 0.2) is 72.0 Å². The van der Waals surface area contributed by atoms with Gasteiger partial charge in [-0.2, -0.15) is 0 Å². The fourth-order valence-electron chi connectivity index (χ4n) is 4.36. The summed E-state index contributed by atoms with van der Waals surface area (Å²) in [7, 11) is 0. The molecule has 0 bridgehead atoms. The SMILES string of the molecule is CC1=C(C(=O)Nc2ccccn2)C(c2cc[nH+]cc2)C2C(=O)CC(C)(C)C=C2N1. The van der Waals surface area contributed by atoms with Crippen molar-refractivity contribution in [2.24, 2.45) is 11.3 Å². The third kappa shape index (κ3) is 3.70. The Hall–Kier alpha value is -3.28. The lowest BCUT2D eigenvalue weighted by molar-refractivity contribution is -0.378. The van der Waals surface area contributed by atoms with E-state index in [0.717, 1.165) is 17.0 Å². The van der Waals surface area contributed by atoms with Crippen LogP contribution >= 0.6 is 0 Å². The zero-order valence-electron chi connectivity index (χ0n) is 16.8. The van der Waals surface area contributed by atoms with Gasteiger partial charge >= 0.3 is 0 Å². The Balaban J connectivity index is 1.81. The molecular formula is C23H25N4O2+. The Morgan fingerprint density at radius 3 is 2.66 bits per heavy atom. The lowest BCUT2D eigenvalue weighted by atomic mass is 9.66. The molecule has 2 aromatic heterocycles. The van der Waals surface area contributed by atoms with Gasteiger partial charge in [-0.15, -0.1) is 0 Å². The van der Waals surface area contributed by atoms with Gasteiger partial charge in [0, 0.05) is 47.6 Å². The Morgan fingerprint density at radius 1 is 1.21 bits per heavy atom. The monoisotopic (exact) mass is 389 g/mol. The van der Waals surface area contributed by atoms with Crippen molar-refractivity contribution in [3.63, 3.8) is 0 Å². The number of amides is 1. The first-order valence-electron chi connectivity index (χ1n) is 9.77. The zero-order valence-corrected chi connectivity index (χ0v) is 16.8. The summed E-state index contributed by atoms with van der Waals surface area (Å²) >= 11 is 0. The van der Waals surface area contributed by atoms with Gasteiger partial charge in [0.25, 0.3) is 5.91 Å². The molecule has 4 rings (SSSR count). The molecule has 2 unspecified atom stereocenters. The van der Waals surface area contributed by atoms with Crippen molar-refractivity contribution >= 4 is 17.5 Å². The molecule has 0 saturated heterocycles. The second-order valence-electron chi connectivity index (χ2n) is 8.35. The van der Waals surface area contributed by atoms with Crippen molar-refractivity contribution in [2.45, 2.75) is 33.1 Å². The number of anilines is 1. The fraction of sp³-hybridized carbons (Fsp3) is 0.304. The van der Waals surface area contributed by atoms with E-state index in [-0.39, 0.29) is 23.0 Å². The predicted octanol–water partition coefficient (Wildman–Crippen LogP) is 2.99. The summed E-state index contributed by atoms with van der Waals surface area (Å²) in [6.07, 6.45) is 7.86. The van der Waals surface area contributed by atoms with Gasteiger partial charge in [0.2, 0.25) is 0 Å². The Kier molecular flexibility index (Phi) is 4.78. The summed E-state index contributed by atoms with van der Waals surface area (Å²) in [4.78, 5) is 33.7. The van der Waals surface area contributed by atoms with E-state index >= 15 is 0 Å². The van der Waals surface area contributed by atoms with Crippen molar-refractivity contribution in [1.29, 1.82) is 0 Å². The Morgan fingerprint density at radius 2 is 1.97 bits per heavy atom. The average Bonchev–Trinajstić information content (AvgIpc) is 2.67. The molecule has 0 aromatic carbocycles. The maximum Gasteiger partial charge on any atom is 0.255 e. The van der Waals surface area contributed by atoms with E-state index in [9.17, 15) is 9.59 Å². The highest BCUT2D eigenvalue weighted by Gasteiger charge is 2.45. The van der Waals surface area contributed by atoms with Crippen LogP contribution in [0, 0.1) is 11.3 Å².